The highest BCUT2D eigenvalue weighted by atomic mass is 14.5. The predicted octanol–water partition coefficient (Wildman–Crippen LogP) is 4.20. The van der Waals surface area contributed by atoms with E-state index in [4.69, 9.17) is 5.73 Å². The molecule has 0 saturated carbocycles. The second-order valence-electron chi connectivity index (χ2n) is 4.78. The number of hydrogen-bond donors (Lipinski definition) is 1. The molecule has 0 aliphatic rings. The van der Waals surface area contributed by atoms with Gasteiger partial charge >= 0.3 is 0 Å². The molecule has 0 saturated heterocycles. The van der Waals surface area contributed by atoms with Crippen LogP contribution in [0.5, 0.6) is 0 Å². The molecule has 0 aliphatic heterocycles. The molecule has 0 spiro atoms. The van der Waals surface area contributed by atoms with Crippen LogP contribution in [0.2, 0.25) is 0 Å². The minimum atomic E-state index is 0.704. The van der Waals surface area contributed by atoms with E-state index in [1.165, 1.54) is 24.8 Å². The van der Waals surface area contributed by atoms with Gasteiger partial charge in [-0.3, -0.25) is 0 Å². The molecule has 15 heavy (non-hydrogen) atoms. The summed E-state index contributed by atoms with van der Waals surface area (Å²) in [5.74, 6) is 1.47. The van der Waals surface area contributed by atoms with Crippen LogP contribution in [0.4, 0.5) is 5.69 Å². The molecule has 0 radical (unpaired) electrons. The number of rotatable bonds is 5. The van der Waals surface area contributed by atoms with Crippen LogP contribution < -0.4 is 5.73 Å². The molecule has 1 aromatic carbocycles. The fourth-order valence-corrected chi connectivity index (χ4v) is 2.11. The fourth-order valence-electron chi connectivity index (χ4n) is 2.11. The third kappa shape index (κ3) is 3.94. The zero-order valence-electron chi connectivity index (χ0n) is 10.2. The molecule has 0 fully saturated rings. The summed E-state index contributed by atoms with van der Waals surface area (Å²) in [6, 6.07) is 8.38. The molecule has 2 N–H and O–H groups in total. The molecule has 0 bridgehead atoms. The summed E-state index contributed by atoms with van der Waals surface area (Å²) < 4.78 is 0. The van der Waals surface area contributed by atoms with Crippen molar-refractivity contribution in [1.82, 2.24) is 0 Å². The first-order valence-electron chi connectivity index (χ1n) is 5.99. The number of anilines is 1. The maximum Gasteiger partial charge on any atom is 0.0314 e. The Morgan fingerprint density at radius 3 is 2.20 bits per heavy atom. The third-order valence-corrected chi connectivity index (χ3v) is 2.80. The van der Waals surface area contributed by atoms with Crippen molar-refractivity contribution in [2.45, 2.75) is 46.0 Å². The zero-order chi connectivity index (χ0) is 11.3. The predicted molar refractivity (Wildman–Crippen MR) is 68.0 cm³/mol. The monoisotopic (exact) mass is 205 g/mol. The Morgan fingerprint density at radius 2 is 1.73 bits per heavy atom. The molecule has 0 aromatic heterocycles. The summed E-state index contributed by atoms with van der Waals surface area (Å²) in [5, 5.41) is 0. The quantitative estimate of drug-likeness (QED) is 0.716. The Kier molecular flexibility index (Phi) is 4.67. The van der Waals surface area contributed by atoms with Crippen molar-refractivity contribution in [3.8, 4) is 0 Å². The Bertz CT molecular complexity index is 274. The van der Waals surface area contributed by atoms with Crippen LogP contribution in [-0.4, -0.2) is 0 Å². The van der Waals surface area contributed by atoms with Crippen LogP contribution in [0.1, 0.15) is 51.5 Å². The summed E-state index contributed by atoms with van der Waals surface area (Å²) in [4.78, 5) is 0. The number of nitrogen functional groups attached to an aromatic ring is 1. The topological polar surface area (TPSA) is 26.0 Å². The van der Waals surface area contributed by atoms with E-state index >= 15 is 0 Å². The molecule has 0 heterocycles. The Balaban J connectivity index is 2.74. The van der Waals surface area contributed by atoms with Gasteiger partial charge in [0.05, 0.1) is 0 Å². The minimum Gasteiger partial charge on any atom is -0.399 e. The Hall–Kier alpha value is -0.980. The molecule has 1 rings (SSSR count). The van der Waals surface area contributed by atoms with E-state index in [9.17, 15) is 0 Å². The van der Waals surface area contributed by atoms with E-state index in [1.54, 1.807) is 0 Å². The lowest BCUT2D eigenvalue weighted by Crippen LogP contribution is -2.03. The molecule has 84 valence electrons. The molecule has 0 aliphatic carbocycles. The molecule has 1 atom stereocenters. The van der Waals surface area contributed by atoms with Gasteiger partial charge in [0, 0.05) is 5.69 Å². The van der Waals surface area contributed by atoms with E-state index in [2.05, 4.69) is 32.9 Å². The summed E-state index contributed by atoms with van der Waals surface area (Å²) in [7, 11) is 0. The van der Waals surface area contributed by atoms with Crippen molar-refractivity contribution in [3.63, 3.8) is 0 Å². The van der Waals surface area contributed by atoms with Crippen molar-refractivity contribution < 1.29 is 0 Å². The highest BCUT2D eigenvalue weighted by molar-refractivity contribution is 5.40. The molecule has 0 amide bonds. The third-order valence-electron chi connectivity index (χ3n) is 2.80. The summed E-state index contributed by atoms with van der Waals surface area (Å²) in [6.07, 6.45) is 3.81. The normalized spacial score (nSPS) is 13.1. The molecular weight excluding hydrogens is 182 g/mol. The van der Waals surface area contributed by atoms with Gasteiger partial charge in [-0.05, 0) is 42.4 Å². The average molecular weight is 205 g/mol. The van der Waals surface area contributed by atoms with E-state index in [0.29, 0.717) is 5.92 Å². The number of hydrogen-bond acceptors (Lipinski definition) is 1. The number of nitrogens with two attached hydrogens (primary N) is 1. The van der Waals surface area contributed by atoms with E-state index in [1.807, 2.05) is 12.1 Å². The van der Waals surface area contributed by atoms with Crippen LogP contribution in [-0.2, 0) is 0 Å². The lowest BCUT2D eigenvalue weighted by atomic mass is 9.87. The van der Waals surface area contributed by atoms with Crippen LogP contribution >= 0.6 is 0 Å². The largest absolute Gasteiger partial charge is 0.399 e. The van der Waals surface area contributed by atoms with Crippen molar-refractivity contribution in [1.29, 1.82) is 0 Å². The van der Waals surface area contributed by atoms with Crippen LogP contribution in [0.3, 0.4) is 0 Å². The fraction of sp³-hybridized carbons (Fsp3) is 0.571. The van der Waals surface area contributed by atoms with Crippen LogP contribution in [0.25, 0.3) is 0 Å². The second-order valence-corrected chi connectivity index (χ2v) is 4.78. The molecule has 1 nitrogen and oxygen atoms in total. The van der Waals surface area contributed by atoms with Gasteiger partial charge in [-0.15, -0.1) is 0 Å². The highest BCUT2D eigenvalue weighted by Crippen LogP contribution is 2.28. The van der Waals surface area contributed by atoms with Crippen molar-refractivity contribution in [3.05, 3.63) is 29.8 Å². The first-order valence-corrected chi connectivity index (χ1v) is 5.99. The lowest BCUT2D eigenvalue weighted by Gasteiger charge is -2.18. The minimum absolute atomic E-state index is 0.704. The Morgan fingerprint density at radius 1 is 1.13 bits per heavy atom. The van der Waals surface area contributed by atoms with Crippen molar-refractivity contribution in [2.75, 3.05) is 5.73 Å². The van der Waals surface area contributed by atoms with E-state index < -0.39 is 0 Å². The van der Waals surface area contributed by atoms with Gasteiger partial charge in [-0.2, -0.15) is 0 Å². The van der Waals surface area contributed by atoms with E-state index in [0.717, 1.165) is 11.6 Å². The standard InChI is InChI=1S/C14H23N/c1-4-5-13(10-11(2)3)12-6-8-14(15)9-7-12/h6-9,11,13H,4-5,10,15H2,1-3H3. The molecule has 1 aromatic rings. The first-order chi connectivity index (χ1) is 7.13. The van der Waals surface area contributed by atoms with Gasteiger partial charge in [0.2, 0.25) is 0 Å². The SMILES string of the molecule is CCCC(CC(C)C)c1ccc(N)cc1. The smallest absolute Gasteiger partial charge is 0.0314 e. The maximum atomic E-state index is 5.70. The zero-order valence-corrected chi connectivity index (χ0v) is 10.2. The van der Waals surface area contributed by atoms with Crippen LogP contribution in [0, 0.1) is 5.92 Å². The summed E-state index contributed by atoms with van der Waals surface area (Å²) in [5.41, 5.74) is 8.01. The van der Waals surface area contributed by atoms with Gasteiger partial charge in [-0.25, -0.2) is 0 Å². The van der Waals surface area contributed by atoms with Gasteiger partial charge in [0.1, 0.15) is 0 Å². The van der Waals surface area contributed by atoms with Gasteiger partial charge in [0.15, 0.2) is 0 Å². The molecule has 1 heteroatoms. The van der Waals surface area contributed by atoms with Crippen molar-refractivity contribution in [2.24, 2.45) is 5.92 Å². The number of benzene rings is 1. The highest BCUT2D eigenvalue weighted by Gasteiger charge is 2.12. The van der Waals surface area contributed by atoms with E-state index in [-0.39, 0.29) is 0 Å². The van der Waals surface area contributed by atoms with Gasteiger partial charge < -0.3 is 5.73 Å². The van der Waals surface area contributed by atoms with Gasteiger partial charge in [-0.1, -0.05) is 39.3 Å². The van der Waals surface area contributed by atoms with Crippen molar-refractivity contribution >= 4 is 5.69 Å². The maximum absolute atomic E-state index is 5.70. The van der Waals surface area contributed by atoms with Crippen LogP contribution in [0.15, 0.2) is 24.3 Å². The summed E-state index contributed by atoms with van der Waals surface area (Å²) in [6.45, 7) is 6.84. The second kappa shape index (κ2) is 5.79. The Labute approximate surface area is 93.7 Å². The average Bonchev–Trinajstić information content (AvgIpc) is 2.17. The first kappa shape index (κ1) is 12.1. The lowest BCUT2D eigenvalue weighted by molar-refractivity contribution is 0.472. The molecular formula is C14H23N. The summed E-state index contributed by atoms with van der Waals surface area (Å²) >= 11 is 0. The molecule has 1 unspecified atom stereocenters. The van der Waals surface area contributed by atoms with Gasteiger partial charge in [0.25, 0.3) is 0 Å².